The van der Waals surface area contributed by atoms with Gasteiger partial charge in [-0.05, 0) is 31.1 Å². The van der Waals surface area contributed by atoms with E-state index < -0.39 is 11.5 Å². The van der Waals surface area contributed by atoms with E-state index in [-0.39, 0.29) is 17.1 Å². The Morgan fingerprint density at radius 1 is 1.29 bits per heavy atom. The van der Waals surface area contributed by atoms with Gasteiger partial charge >= 0.3 is 0 Å². The van der Waals surface area contributed by atoms with Crippen molar-refractivity contribution in [1.82, 2.24) is 5.01 Å². The maximum atomic E-state index is 10.7. The first-order chi connectivity index (χ1) is 11.1. The molecule has 1 heterocycles. The smallest absolute Gasteiger partial charge is 0.100 e. The van der Waals surface area contributed by atoms with Gasteiger partial charge in [-0.15, -0.1) is 6.58 Å². The summed E-state index contributed by atoms with van der Waals surface area (Å²) in [5.74, 6) is 0. The van der Waals surface area contributed by atoms with Gasteiger partial charge in [0.25, 0.3) is 0 Å². The van der Waals surface area contributed by atoms with Crippen molar-refractivity contribution in [2.75, 3.05) is 13.7 Å². The first kappa shape index (κ1) is 21.2. The summed E-state index contributed by atoms with van der Waals surface area (Å²) in [4.78, 5) is 0. The van der Waals surface area contributed by atoms with Crippen LogP contribution in [0.4, 0.5) is 0 Å². The molecular formula is C20H38N2O2. The van der Waals surface area contributed by atoms with Crippen molar-refractivity contribution in [3.8, 4) is 0 Å². The van der Waals surface area contributed by atoms with Crippen LogP contribution < -0.4 is 0 Å². The predicted octanol–water partition coefficient (Wildman–Crippen LogP) is 4.24. The molecule has 140 valence electrons. The summed E-state index contributed by atoms with van der Waals surface area (Å²) >= 11 is 0. The Hall–Kier alpha value is -0.870. The van der Waals surface area contributed by atoms with Gasteiger partial charge in [0.15, 0.2) is 0 Å². The van der Waals surface area contributed by atoms with E-state index in [4.69, 9.17) is 4.74 Å². The van der Waals surface area contributed by atoms with E-state index in [1.807, 2.05) is 13.0 Å². The number of hydrogen-bond donors (Lipinski definition) is 1. The monoisotopic (exact) mass is 338 g/mol. The van der Waals surface area contributed by atoms with E-state index >= 15 is 0 Å². The van der Waals surface area contributed by atoms with Gasteiger partial charge in [-0.25, -0.2) is 0 Å². The molecule has 0 aromatic rings. The van der Waals surface area contributed by atoms with Gasteiger partial charge in [0.05, 0.1) is 17.9 Å². The molecule has 0 spiro atoms. The van der Waals surface area contributed by atoms with Crippen LogP contribution in [0.5, 0.6) is 0 Å². The molecule has 0 aromatic heterocycles. The number of hydrogen-bond acceptors (Lipinski definition) is 4. The fourth-order valence-corrected chi connectivity index (χ4v) is 3.74. The number of ether oxygens (including phenoxy) is 1. The van der Waals surface area contributed by atoms with Crippen LogP contribution in [0.3, 0.4) is 0 Å². The lowest BCUT2D eigenvalue weighted by atomic mass is 9.65. The van der Waals surface area contributed by atoms with Crippen molar-refractivity contribution in [2.45, 2.75) is 85.0 Å². The lowest BCUT2D eigenvalue weighted by Gasteiger charge is -2.42. The number of aliphatic hydroxyl groups excluding tert-OH is 1. The molecule has 1 N–H and O–H groups in total. The number of aliphatic hydroxyl groups is 1. The minimum absolute atomic E-state index is 0.103. The summed E-state index contributed by atoms with van der Waals surface area (Å²) in [5, 5.41) is 17.5. The Morgan fingerprint density at radius 2 is 1.88 bits per heavy atom. The zero-order chi connectivity index (χ0) is 18.6. The largest absolute Gasteiger partial charge is 0.386 e. The van der Waals surface area contributed by atoms with Crippen molar-refractivity contribution in [1.29, 1.82) is 0 Å². The van der Waals surface area contributed by atoms with Crippen LogP contribution in [0.15, 0.2) is 17.8 Å². The average Bonchev–Trinajstić information content (AvgIpc) is 3.02. The number of rotatable bonds is 8. The maximum Gasteiger partial charge on any atom is 0.100 e. The van der Waals surface area contributed by atoms with Crippen LogP contribution in [0.1, 0.15) is 67.2 Å². The summed E-state index contributed by atoms with van der Waals surface area (Å²) in [5.41, 5.74) is -0.697. The van der Waals surface area contributed by atoms with Gasteiger partial charge in [-0.1, -0.05) is 47.6 Å². The number of nitrogens with zero attached hydrogens (tertiary/aromatic N) is 2. The molecular weight excluding hydrogens is 300 g/mol. The van der Waals surface area contributed by atoms with Crippen molar-refractivity contribution >= 4 is 6.21 Å². The molecule has 4 heteroatoms. The van der Waals surface area contributed by atoms with Crippen LogP contribution in [-0.2, 0) is 4.74 Å². The maximum absolute atomic E-state index is 10.7. The minimum Gasteiger partial charge on any atom is -0.386 e. The van der Waals surface area contributed by atoms with Crippen LogP contribution >= 0.6 is 0 Å². The first-order valence-electron chi connectivity index (χ1n) is 9.29. The van der Waals surface area contributed by atoms with Crippen molar-refractivity contribution in [3.63, 3.8) is 0 Å². The zero-order valence-corrected chi connectivity index (χ0v) is 16.8. The lowest BCUT2D eigenvalue weighted by molar-refractivity contribution is -0.0734. The molecule has 1 saturated heterocycles. The highest BCUT2D eigenvalue weighted by Crippen LogP contribution is 2.42. The van der Waals surface area contributed by atoms with Gasteiger partial charge in [0.2, 0.25) is 0 Å². The molecule has 24 heavy (non-hydrogen) atoms. The van der Waals surface area contributed by atoms with E-state index in [1.54, 1.807) is 13.3 Å². The van der Waals surface area contributed by atoms with Gasteiger partial charge < -0.3 is 9.84 Å². The molecule has 0 radical (unpaired) electrons. The van der Waals surface area contributed by atoms with Gasteiger partial charge in [0, 0.05) is 19.1 Å². The Morgan fingerprint density at radius 3 is 2.29 bits per heavy atom. The summed E-state index contributed by atoms with van der Waals surface area (Å²) in [6, 6.07) is 0.269. The van der Waals surface area contributed by atoms with Crippen LogP contribution in [0, 0.1) is 10.8 Å². The van der Waals surface area contributed by atoms with E-state index in [0.717, 1.165) is 32.2 Å². The lowest BCUT2D eigenvalue weighted by Crippen LogP contribution is -2.49. The van der Waals surface area contributed by atoms with Gasteiger partial charge in [-0.3, -0.25) is 5.01 Å². The topological polar surface area (TPSA) is 45.1 Å². The molecule has 0 amide bonds. The Labute approximate surface area is 149 Å². The van der Waals surface area contributed by atoms with Crippen molar-refractivity contribution in [3.05, 3.63) is 12.7 Å². The van der Waals surface area contributed by atoms with Crippen molar-refractivity contribution in [2.24, 2.45) is 15.9 Å². The average molecular weight is 339 g/mol. The third kappa shape index (κ3) is 3.85. The normalized spacial score (nSPS) is 23.5. The van der Waals surface area contributed by atoms with E-state index in [1.165, 1.54) is 0 Å². The molecule has 1 rings (SSSR count). The molecule has 0 saturated carbocycles. The van der Waals surface area contributed by atoms with E-state index in [0.29, 0.717) is 0 Å². The summed E-state index contributed by atoms with van der Waals surface area (Å²) in [7, 11) is 1.80. The zero-order valence-electron chi connectivity index (χ0n) is 16.8. The fourth-order valence-electron chi connectivity index (χ4n) is 3.74. The molecule has 1 aliphatic rings. The molecule has 4 nitrogen and oxygen atoms in total. The molecule has 0 aliphatic carbocycles. The third-order valence-electron chi connectivity index (χ3n) is 6.45. The minimum atomic E-state index is -0.670. The van der Waals surface area contributed by atoms with E-state index in [9.17, 15) is 5.11 Å². The first-order valence-corrected chi connectivity index (χ1v) is 9.29. The highest BCUT2D eigenvalue weighted by Gasteiger charge is 2.43. The SMILES string of the molecule is C=C[C@](C)([C@@H](O)/C=N/N1CCC[C@H]1C(CC)(CC)OC)C(C)(C)C. The van der Waals surface area contributed by atoms with Crippen LogP contribution in [0.25, 0.3) is 0 Å². The summed E-state index contributed by atoms with van der Waals surface area (Å²) in [6.45, 7) is 17.6. The molecule has 0 bridgehead atoms. The van der Waals surface area contributed by atoms with Gasteiger partial charge in [0.1, 0.15) is 6.10 Å². The summed E-state index contributed by atoms with van der Waals surface area (Å²) < 4.78 is 5.91. The number of hydrazone groups is 1. The van der Waals surface area contributed by atoms with Crippen LogP contribution in [0.2, 0.25) is 0 Å². The Kier molecular flexibility index (Phi) is 7.06. The second kappa shape index (κ2) is 8.01. The fraction of sp³-hybridized carbons (Fsp3) is 0.850. The Balaban J connectivity index is 2.98. The predicted molar refractivity (Wildman–Crippen MR) is 102 cm³/mol. The molecule has 0 aromatic carbocycles. The molecule has 1 fully saturated rings. The van der Waals surface area contributed by atoms with Crippen LogP contribution in [-0.4, -0.2) is 47.7 Å². The standard InChI is InChI=1S/C20H38N2O2/c1-9-19(7,18(4,5)6)17(23)15-21-22-14-12-13-16(22)20(10-2,11-3)24-8/h9,15-17,23H,1,10-14H2,2-8H3/b21-15+/t16-,17-,19+/m0/s1. The Bertz CT molecular complexity index is 429. The van der Waals surface area contributed by atoms with E-state index in [2.05, 4.69) is 51.3 Å². The second-order valence-electron chi connectivity index (χ2n) is 8.24. The van der Waals surface area contributed by atoms with Crippen molar-refractivity contribution < 1.29 is 9.84 Å². The van der Waals surface area contributed by atoms with Gasteiger partial charge in [-0.2, -0.15) is 5.10 Å². The number of methoxy groups -OCH3 is 1. The quantitative estimate of drug-likeness (QED) is 0.532. The third-order valence-corrected chi connectivity index (χ3v) is 6.45. The highest BCUT2D eigenvalue weighted by molar-refractivity contribution is 5.64. The summed E-state index contributed by atoms with van der Waals surface area (Å²) in [6.07, 6.45) is 7.00. The second-order valence-corrected chi connectivity index (χ2v) is 8.24. The molecule has 1 aliphatic heterocycles. The molecule has 0 unspecified atom stereocenters. The highest BCUT2D eigenvalue weighted by atomic mass is 16.5. The molecule has 3 atom stereocenters.